The molecule has 1 saturated carbocycles. The van der Waals surface area contributed by atoms with Gasteiger partial charge in [0.15, 0.2) is 0 Å². The number of nitrogens with zero attached hydrogens (tertiary/aromatic N) is 2. The van der Waals surface area contributed by atoms with Crippen LogP contribution in [0.3, 0.4) is 0 Å². The van der Waals surface area contributed by atoms with E-state index in [-0.39, 0.29) is 11.0 Å². The van der Waals surface area contributed by atoms with Crippen molar-refractivity contribution in [2.45, 2.75) is 65.8 Å². The first-order valence-electron chi connectivity index (χ1n) is 20.5. The zero-order chi connectivity index (χ0) is 38.6. The summed E-state index contributed by atoms with van der Waals surface area (Å²) in [7, 11) is 0. The van der Waals surface area contributed by atoms with Crippen LogP contribution in [0, 0.1) is 35.5 Å². The van der Waals surface area contributed by atoms with Crippen LogP contribution >= 0.6 is 0 Å². The fraction of sp³-hybridized carbons (Fsp3) is 0.259. The van der Waals surface area contributed by atoms with Crippen molar-refractivity contribution < 1.29 is 0 Å². The second-order valence-electron chi connectivity index (χ2n) is 17.2. The highest BCUT2D eigenvalue weighted by Gasteiger charge is 2.50. The second-order valence-corrected chi connectivity index (χ2v) is 17.2. The SMILES string of the molecule is C#C/C=C\C(=C/C)c1cccc(N(c2ccc(-c3ccc4c(c3)c3c(n4-c4ccccc4)CC(C)CC3)cc2)[C@]2(C)C=C3C(=CC2)[C@@H]2C=CC=CC2C3(C)C)c1. The molecule has 0 aliphatic heterocycles. The number of aromatic nitrogens is 1. The fourth-order valence-corrected chi connectivity index (χ4v) is 10.3. The number of para-hydroxylation sites is 1. The third-order valence-corrected chi connectivity index (χ3v) is 13.2. The maximum absolute atomic E-state index is 5.63. The zero-order valence-electron chi connectivity index (χ0n) is 33.5. The average Bonchev–Trinajstić information content (AvgIpc) is 3.65. The molecule has 0 amide bonds. The van der Waals surface area contributed by atoms with E-state index in [0.29, 0.717) is 17.8 Å². The van der Waals surface area contributed by atoms with Gasteiger partial charge in [-0.05, 0) is 156 Å². The Morgan fingerprint density at radius 1 is 0.875 bits per heavy atom. The van der Waals surface area contributed by atoms with E-state index in [2.05, 4.69) is 190 Å². The van der Waals surface area contributed by atoms with Gasteiger partial charge in [-0.1, -0.05) is 118 Å². The molecule has 0 spiro atoms. The summed E-state index contributed by atoms with van der Waals surface area (Å²) < 4.78 is 2.52. The van der Waals surface area contributed by atoms with E-state index in [4.69, 9.17) is 6.42 Å². The molecule has 5 aromatic rings. The molecule has 9 rings (SSSR count). The molecule has 1 heterocycles. The van der Waals surface area contributed by atoms with E-state index in [1.165, 1.54) is 62.2 Å². The van der Waals surface area contributed by atoms with E-state index in [9.17, 15) is 0 Å². The number of hydrogen-bond acceptors (Lipinski definition) is 1. The minimum Gasteiger partial charge on any atom is -0.332 e. The van der Waals surface area contributed by atoms with E-state index in [1.807, 2.05) is 6.08 Å². The molecule has 56 heavy (non-hydrogen) atoms. The van der Waals surface area contributed by atoms with Crippen molar-refractivity contribution in [1.82, 2.24) is 4.57 Å². The van der Waals surface area contributed by atoms with Crippen molar-refractivity contribution in [1.29, 1.82) is 0 Å². The molecule has 0 radical (unpaired) electrons. The normalized spacial score (nSPS) is 23.6. The van der Waals surface area contributed by atoms with Crippen LogP contribution in [0.25, 0.3) is 33.3 Å². The van der Waals surface area contributed by atoms with Gasteiger partial charge in [0.05, 0.1) is 11.1 Å². The lowest BCUT2D eigenvalue weighted by atomic mass is 9.73. The van der Waals surface area contributed by atoms with Crippen molar-refractivity contribution in [3.05, 3.63) is 180 Å². The summed E-state index contributed by atoms with van der Waals surface area (Å²) in [5.41, 5.74) is 15.4. The quantitative estimate of drug-likeness (QED) is 0.120. The Balaban J connectivity index is 1.14. The largest absolute Gasteiger partial charge is 0.332 e. The highest BCUT2D eigenvalue weighted by atomic mass is 15.2. The van der Waals surface area contributed by atoms with Gasteiger partial charge >= 0.3 is 0 Å². The van der Waals surface area contributed by atoms with Crippen LogP contribution in [0.15, 0.2) is 163 Å². The van der Waals surface area contributed by atoms with Crippen LogP contribution in [0.5, 0.6) is 0 Å². The summed E-state index contributed by atoms with van der Waals surface area (Å²) >= 11 is 0. The minimum absolute atomic E-state index is 0.0320. The van der Waals surface area contributed by atoms with Crippen molar-refractivity contribution in [2.75, 3.05) is 4.90 Å². The first-order chi connectivity index (χ1) is 27.2. The van der Waals surface area contributed by atoms with E-state index < -0.39 is 0 Å². The van der Waals surface area contributed by atoms with Gasteiger partial charge in [-0.2, -0.15) is 0 Å². The Hall–Kier alpha value is -5.78. The second kappa shape index (κ2) is 14.1. The van der Waals surface area contributed by atoms with Gasteiger partial charge in [-0.3, -0.25) is 0 Å². The molecule has 0 N–H and O–H groups in total. The lowest BCUT2D eigenvalue weighted by Gasteiger charge is -2.44. The number of terminal acetylenes is 1. The average molecular weight is 729 g/mol. The van der Waals surface area contributed by atoms with Gasteiger partial charge in [0.1, 0.15) is 0 Å². The van der Waals surface area contributed by atoms with Gasteiger partial charge in [0.2, 0.25) is 0 Å². The van der Waals surface area contributed by atoms with Crippen LogP contribution in [0.2, 0.25) is 0 Å². The molecule has 4 aliphatic carbocycles. The molecule has 0 saturated heterocycles. The molecule has 2 unspecified atom stereocenters. The summed E-state index contributed by atoms with van der Waals surface area (Å²) in [4.78, 5) is 2.57. The molecule has 4 aliphatic rings. The van der Waals surface area contributed by atoms with Crippen molar-refractivity contribution in [3.8, 4) is 29.2 Å². The number of fused-ring (bicyclic) bond motifs is 6. The van der Waals surface area contributed by atoms with Crippen molar-refractivity contribution >= 4 is 27.9 Å². The number of rotatable bonds is 7. The third-order valence-electron chi connectivity index (χ3n) is 13.2. The number of aryl methyl sites for hydroxylation is 1. The number of benzene rings is 4. The summed E-state index contributed by atoms with van der Waals surface area (Å²) in [6, 6.07) is 36.3. The molecule has 4 atom stereocenters. The van der Waals surface area contributed by atoms with Crippen LogP contribution in [-0.2, 0) is 12.8 Å². The predicted molar refractivity (Wildman–Crippen MR) is 238 cm³/mol. The van der Waals surface area contributed by atoms with Crippen molar-refractivity contribution in [3.63, 3.8) is 0 Å². The molecule has 1 aromatic heterocycles. The van der Waals surface area contributed by atoms with Gasteiger partial charge in [-0.25, -0.2) is 0 Å². The summed E-state index contributed by atoms with van der Waals surface area (Å²) in [5.74, 6) is 4.27. The number of hydrogen-bond donors (Lipinski definition) is 0. The van der Waals surface area contributed by atoms with Gasteiger partial charge in [-0.15, -0.1) is 6.42 Å². The predicted octanol–water partition coefficient (Wildman–Crippen LogP) is 13.6. The molecule has 2 nitrogen and oxygen atoms in total. The van der Waals surface area contributed by atoms with Gasteiger partial charge in [0, 0.05) is 34.1 Å². The minimum atomic E-state index is -0.294. The van der Waals surface area contributed by atoms with Crippen molar-refractivity contribution in [2.24, 2.45) is 23.2 Å². The van der Waals surface area contributed by atoms with E-state index in [0.717, 1.165) is 36.1 Å². The molecular formula is C54H52N2. The Labute approximate surface area is 334 Å². The Morgan fingerprint density at radius 3 is 2.45 bits per heavy atom. The van der Waals surface area contributed by atoms with Crippen LogP contribution in [0.4, 0.5) is 11.4 Å². The maximum Gasteiger partial charge on any atom is 0.0645 e. The Kier molecular flexibility index (Phi) is 9.01. The van der Waals surface area contributed by atoms with Gasteiger partial charge < -0.3 is 9.47 Å². The lowest BCUT2D eigenvalue weighted by molar-refractivity contribution is 0.331. The van der Waals surface area contributed by atoms with Crippen LogP contribution in [-0.4, -0.2) is 10.1 Å². The topological polar surface area (TPSA) is 8.17 Å². The van der Waals surface area contributed by atoms with Crippen LogP contribution in [0.1, 0.15) is 64.3 Å². The summed E-state index contributed by atoms with van der Waals surface area (Å²) in [6.07, 6.45) is 30.4. The Bertz CT molecular complexity index is 2560. The summed E-state index contributed by atoms with van der Waals surface area (Å²) in [5, 5.41) is 1.39. The standard InChI is InChI=1S/C54H52N2/c1-7-9-16-38(8-2)40-17-15-20-44(34-40)56(54(6)32-31-46-45-21-13-14-22-49(45)53(4,5)50(46)36-54)43-27-24-39(25-28-43)41-26-30-51-48(35-41)47-29-23-37(3)33-52(47)55(51)42-18-11-10-12-19-42/h1,8-22,24-28,30-31,34-37,45,49H,23,29,32-33H2,2-6H3/b16-9-,38-8+/t37?,45-,49?,54-/m0/s1. The fourth-order valence-electron chi connectivity index (χ4n) is 10.3. The molecule has 0 bridgehead atoms. The molecule has 2 heteroatoms. The zero-order valence-corrected chi connectivity index (χ0v) is 33.5. The molecule has 4 aromatic carbocycles. The third kappa shape index (κ3) is 5.97. The van der Waals surface area contributed by atoms with Crippen LogP contribution < -0.4 is 4.90 Å². The Morgan fingerprint density at radius 2 is 1.66 bits per heavy atom. The summed E-state index contributed by atoms with van der Waals surface area (Å²) in [6.45, 7) is 11.8. The lowest BCUT2D eigenvalue weighted by Crippen LogP contribution is -2.43. The van der Waals surface area contributed by atoms with Gasteiger partial charge in [0.25, 0.3) is 0 Å². The monoisotopic (exact) mass is 728 g/mol. The highest BCUT2D eigenvalue weighted by molar-refractivity contribution is 5.92. The maximum atomic E-state index is 5.63. The first-order valence-corrected chi connectivity index (χ1v) is 20.5. The first kappa shape index (κ1) is 35.9. The van der Waals surface area contributed by atoms with E-state index in [1.54, 1.807) is 6.08 Å². The van der Waals surface area contributed by atoms with E-state index >= 15 is 0 Å². The molecule has 278 valence electrons. The number of allylic oxidation sites excluding steroid dienone is 10. The molecular weight excluding hydrogens is 677 g/mol. The number of anilines is 2. The molecule has 1 fully saturated rings. The highest BCUT2D eigenvalue weighted by Crippen LogP contribution is 2.58. The smallest absolute Gasteiger partial charge is 0.0645 e.